The Morgan fingerprint density at radius 3 is 2.69 bits per heavy atom. The lowest BCUT2D eigenvalue weighted by Gasteiger charge is -2.22. The molecular formula is C28H31ClN2O4S. The van der Waals surface area contributed by atoms with E-state index in [2.05, 4.69) is 11.1 Å². The molecule has 0 radical (unpaired) electrons. The van der Waals surface area contributed by atoms with E-state index in [1.165, 1.54) is 0 Å². The van der Waals surface area contributed by atoms with Crippen LogP contribution in [0.1, 0.15) is 36.8 Å². The zero-order chi connectivity index (χ0) is 25.0. The van der Waals surface area contributed by atoms with Crippen molar-refractivity contribution in [2.45, 2.75) is 48.9 Å². The number of aromatic nitrogens is 1. The molecule has 0 aliphatic heterocycles. The molecule has 3 aromatic rings. The number of halogens is 1. The smallest absolute Gasteiger partial charge is 0.127 e. The molecule has 2 saturated carbocycles. The van der Waals surface area contributed by atoms with Crippen LogP contribution in [0.2, 0.25) is 5.02 Å². The molecule has 1 atom stereocenters. The second-order valence-electron chi connectivity index (χ2n) is 9.22. The molecule has 5 rings (SSSR count). The van der Waals surface area contributed by atoms with Crippen molar-refractivity contribution in [2.75, 3.05) is 25.5 Å². The minimum atomic E-state index is -1.19. The second kappa shape index (κ2) is 11.4. The van der Waals surface area contributed by atoms with Crippen molar-refractivity contribution in [1.82, 2.24) is 4.98 Å². The van der Waals surface area contributed by atoms with Gasteiger partial charge < -0.3 is 19.9 Å². The molecule has 6 nitrogen and oxygen atoms in total. The molecule has 2 aromatic carbocycles. The number of ether oxygens (including phenoxy) is 3. The summed E-state index contributed by atoms with van der Waals surface area (Å²) in [6, 6.07) is 15.7. The van der Waals surface area contributed by atoms with E-state index in [1.54, 1.807) is 12.1 Å². The largest absolute Gasteiger partial charge is 0.490 e. The van der Waals surface area contributed by atoms with Gasteiger partial charge in [-0.2, -0.15) is 0 Å². The highest BCUT2D eigenvalue weighted by molar-refractivity contribution is 7.85. The van der Waals surface area contributed by atoms with Gasteiger partial charge in [0.1, 0.15) is 5.75 Å². The summed E-state index contributed by atoms with van der Waals surface area (Å²) >= 11 is 6.50. The molecule has 36 heavy (non-hydrogen) atoms. The van der Waals surface area contributed by atoms with Crippen LogP contribution < -0.4 is 10.5 Å². The van der Waals surface area contributed by atoms with Crippen LogP contribution in [0.5, 0.6) is 5.75 Å². The van der Waals surface area contributed by atoms with Crippen molar-refractivity contribution in [2.24, 2.45) is 5.73 Å². The summed E-state index contributed by atoms with van der Waals surface area (Å²) in [7, 11) is -1.19. The molecule has 2 fully saturated rings. The van der Waals surface area contributed by atoms with Gasteiger partial charge in [0.2, 0.25) is 0 Å². The Balaban J connectivity index is 1.33. The summed E-state index contributed by atoms with van der Waals surface area (Å²) < 4.78 is 30.8. The van der Waals surface area contributed by atoms with E-state index >= 15 is 0 Å². The first-order valence-corrected chi connectivity index (χ1v) is 14.1. The first kappa shape index (κ1) is 25.4. The summed E-state index contributed by atoms with van der Waals surface area (Å²) in [5.74, 6) is 1.31. The van der Waals surface area contributed by atoms with E-state index < -0.39 is 16.4 Å². The third-order valence-corrected chi connectivity index (χ3v) is 8.16. The summed E-state index contributed by atoms with van der Waals surface area (Å²) in [5.41, 5.74) is 9.03. The predicted octanol–water partition coefficient (Wildman–Crippen LogP) is 5.23. The van der Waals surface area contributed by atoms with E-state index in [-0.39, 0.29) is 0 Å². The van der Waals surface area contributed by atoms with Crippen LogP contribution in [0.15, 0.2) is 65.8 Å². The van der Waals surface area contributed by atoms with Crippen LogP contribution in [0.25, 0.3) is 11.1 Å². The number of hydrogen-bond donors (Lipinski definition) is 1. The highest BCUT2D eigenvalue weighted by atomic mass is 35.5. The molecule has 1 aromatic heterocycles. The lowest BCUT2D eigenvalue weighted by Crippen LogP contribution is -2.15. The van der Waals surface area contributed by atoms with Gasteiger partial charge in [-0.25, -0.2) is 0 Å². The van der Waals surface area contributed by atoms with Gasteiger partial charge in [-0.05, 0) is 67.1 Å². The van der Waals surface area contributed by atoms with Crippen molar-refractivity contribution in [1.29, 1.82) is 0 Å². The fourth-order valence-corrected chi connectivity index (χ4v) is 5.38. The molecule has 1 heterocycles. The Bertz CT molecular complexity index is 1230. The predicted molar refractivity (Wildman–Crippen MR) is 142 cm³/mol. The summed E-state index contributed by atoms with van der Waals surface area (Å²) in [6.45, 7) is 1.64. The molecule has 8 heteroatoms. The Morgan fingerprint density at radius 2 is 1.92 bits per heavy atom. The van der Waals surface area contributed by atoms with Crippen LogP contribution in [0.4, 0.5) is 0 Å². The number of hydrogen-bond acceptors (Lipinski definition) is 6. The van der Waals surface area contributed by atoms with Gasteiger partial charge >= 0.3 is 0 Å². The number of pyridine rings is 1. The molecule has 2 N–H and O–H groups in total. The zero-order valence-corrected chi connectivity index (χ0v) is 21.7. The van der Waals surface area contributed by atoms with E-state index in [9.17, 15) is 4.21 Å². The van der Waals surface area contributed by atoms with Gasteiger partial charge in [0.15, 0.2) is 0 Å². The van der Waals surface area contributed by atoms with Crippen LogP contribution in [0.3, 0.4) is 0 Å². The summed E-state index contributed by atoms with van der Waals surface area (Å²) in [6.07, 6.45) is 8.06. The van der Waals surface area contributed by atoms with Crippen LogP contribution in [0, 0.1) is 0 Å². The number of benzene rings is 2. The number of nitrogens with two attached hydrogens (primary N) is 1. The van der Waals surface area contributed by atoms with E-state index in [1.807, 2.05) is 42.7 Å². The Morgan fingerprint density at radius 1 is 1.08 bits per heavy atom. The average Bonchev–Trinajstić information content (AvgIpc) is 3.84. The maximum Gasteiger partial charge on any atom is 0.127 e. The van der Waals surface area contributed by atoms with Gasteiger partial charge in [-0.15, -0.1) is 0 Å². The third-order valence-electron chi connectivity index (χ3n) is 6.47. The fraction of sp³-hybridized carbons (Fsp3) is 0.393. The highest BCUT2D eigenvalue weighted by Gasteiger charge is 2.47. The standard InChI is InChI=1S/C28H31ClN2O4S/c29-26-8-7-22(36(32)16-15-33-14-12-30)17-20(26)19-34-28(10-11-28)25-18-31-13-9-23(25)24-3-1-2-4-27(24)35-21-5-6-21/h1-4,7-9,13,17-18,21H,5-6,10-12,14-16,19,30H2. The van der Waals surface area contributed by atoms with Crippen molar-refractivity contribution in [3.05, 3.63) is 77.1 Å². The molecule has 0 saturated heterocycles. The maximum absolute atomic E-state index is 12.7. The van der Waals surface area contributed by atoms with Gasteiger partial charge in [0.25, 0.3) is 0 Å². The van der Waals surface area contributed by atoms with Crippen molar-refractivity contribution in [3.8, 4) is 16.9 Å². The molecule has 0 bridgehead atoms. The minimum absolute atomic E-state index is 0.315. The normalized spacial score (nSPS) is 17.1. The molecular weight excluding hydrogens is 496 g/mol. The van der Waals surface area contributed by atoms with Crippen molar-refractivity contribution in [3.63, 3.8) is 0 Å². The molecule has 2 aliphatic rings. The Hall–Kier alpha value is -2.29. The maximum atomic E-state index is 12.7. The van der Waals surface area contributed by atoms with Gasteiger partial charge in [0.05, 0.1) is 48.1 Å². The SMILES string of the molecule is NCCOCCS(=O)c1ccc(Cl)c(COC2(c3cnccc3-c3ccccc3OC3CC3)CC2)c1. The highest BCUT2D eigenvalue weighted by Crippen LogP contribution is 2.53. The first-order chi connectivity index (χ1) is 17.6. The summed E-state index contributed by atoms with van der Waals surface area (Å²) in [5, 5.41) is 0.598. The molecule has 0 spiro atoms. The quantitative estimate of drug-likeness (QED) is 0.307. The van der Waals surface area contributed by atoms with Crippen LogP contribution in [-0.2, 0) is 32.5 Å². The van der Waals surface area contributed by atoms with Gasteiger partial charge in [-0.3, -0.25) is 9.19 Å². The van der Waals surface area contributed by atoms with Crippen molar-refractivity contribution >= 4 is 22.4 Å². The van der Waals surface area contributed by atoms with Gasteiger partial charge in [-0.1, -0.05) is 29.8 Å². The first-order valence-electron chi connectivity index (χ1n) is 12.4. The minimum Gasteiger partial charge on any atom is -0.490 e. The van der Waals surface area contributed by atoms with Crippen LogP contribution in [-0.4, -0.2) is 40.8 Å². The van der Waals surface area contributed by atoms with E-state index in [0.29, 0.717) is 48.1 Å². The second-order valence-corrected chi connectivity index (χ2v) is 11.2. The van der Waals surface area contributed by atoms with Crippen molar-refractivity contribution < 1.29 is 18.4 Å². The third kappa shape index (κ3) is 5.98. The Kier molecular flexibility index (Phi) is 8.03. The zero-order valence-electron chi connectivity index (χ0n) is 20.2. The lowest BCUT2D eigenvalue weighted by atomic mass is 9.96. The molecule has 190 valence electrons. The number of nitrogens with zero attached hydrogens (tertiary/aromatic N) is 1. The average molecular weight is 527 g/mol. The van der Waals surface area contributed by atoms with Gasteiger partial charge in [0, 0.05) is 40.0 Å². The van der Waals surface area contributed by atoms with E-state index in [0.717, 1.165) is 53.7 Å². The lowest BCUT2D eigenvalue weighted by molar-refractivity contribution is 0.0173. The monoisotopic (exact) mass is 526 g/mol. The molecule has 1 unspecified atom stereocenters. The summed E-state index contributed by atoms with van der Waals surface area (Å²) in [4.78, 5) is 5.14. The molecule has 0 amide bonds. The molecule has 2 aliphatic carbocycles. The number of rotatable bonds is 13. The van der Waals surface area contributed by atoms with Crippen LogP contribution >= 0.6 is 11.6 Å². The topological polar surface area (TPSA) is 83.7 Å². The fourth-order valence-electron chi connectivity index (χ4n) is 4.21. The number of para-hydroxylation sites is 1. The van der Waals surface area contributed by atoms with E-state index in [4.69, 9.17) is 31.5 Å². The Labute approximate surface area is 219 Å².